The molecule has 146 valence electrons. The minimum absolute atomic E-state index is 0.211. The molecule has 4 aromatic rings. The highest BCUT2D eigenvalue weighted by atomic mass is 16.5. The molecule has 0 bridgehead atoms. The fourth-order valence-corrected chi connectivity index (χ4v) is 2.95. The zero-order valence-electron chi connectivity index (χ0n) is 16.0. The highest BCUT2D eigenvalue weighted by Crippen LogP contribution is 2.19. The summed E-state index contributed by atoms with van der Waals surface area (Å²) >= 11 is 0. The van der Waals surface area contributed by atoms with Crippen LogP contribution in [0, 0.1) is 6.92 Å². The summed E-state index contributed by atoms with van der Waals surface area (Å²) in [5, 5.41) is 11.2. The van der Waals surface area contributed by atoms with Gasteiger partial charge in [-0.1, -0.05) is 35.9 Å². The van der Waals surface area contributed by atoms with Gasteiger partial charge in [-0.05, 0) is 25.1 Å². The van der Waals surface area contributed by atoms with E-state index in [1.807, 2.05) is 31.2 Å². The van der Waals surface area contributed by atoms with Gasteiger partial charge in [0.15, 0.2) is 0 Å². The molecule has 0 radical (unpaired) electrons. The van der Waals surface area contributed by atoms with Gasteiger partial charge in [-0.15, -0.1) is 0 Å². The average Bonchev–Trinajstić information content (AvgIpc) is 3.16. The molecular weight excluding hydrogens is 370 g/mol. The van der Waals surface area contributed by atoms with Crippen LogP contribution in [-0.2, 0) is 11.3 Å². The Morgan fingerprint density at radius 1 is 1.14 bits per heavy atom. The molecule has 0 fully saturated rings. The standard InChI is InChI=1S/C21H19N5O3/c1-14-6-8-15(9-7-14)18-11-19-21(28)25(22-13-26(19)24-18)12-20(27)23-16-4-3-5-17(10-16)29-2/h3-11,13H,12H2,1-2H3,(H,23,27). The molecule has 1 amide bonds. The van der Waals surface area contributed by atoms with Crippen LogP contribution in [0.4, 0.5) is 5.69 Å². The molecule has 2 aromatic heterocycles. The van der Waals surface area contributed by atoms with E-state index in [1.165, 1.54) is 10.8 Å². The third-order valence-electron chi connectivity index (χ3n) is 4.48. The highest BCUT2D eigenvalue weighted by Gasteiger charge is 2.12. The number of benzene rings is 2. The largest absolute Gasteiger partial charge is 0.497 e. The lowest BCUT2D eigenvalue weighted by Gasteiger charge is -2.08. The first-order valence-corrected chi connectivity index (χ1v) is 9.00. The lowest BCUT2D eigenvalue weighted by atomic mass is 10.1. The maximum absolute atomic E-state index is 12.8. The normalized spacial score (nSPS) is 10.8. The molecule has 0 aliphatic rings. The molecule has 4 rings (SSSR count). The number of ether oxygens (including phenoxy) is 1. The molecule has 8 nitrogen and oxygen atoms in total. The van der Waals surface area contributed by atoms with Gasteiger partial charge in [0.2, 0.25) is 5.91 Å². The Kier molecular flexibility index (Phi) is 4.82. The second kappa shape index (κ2) is 7.59. The number of aryl methyl sites for hydroxylation is 1. The summed E-state index contributed by atoms with van der Waals surface area (Å²) in [6.07, 6.45) is 1.42. The maximum atomic E-state index is 12.8. The minimum Gasteiger partial charge on any atom is -0.497 e. The summed E-state index contributed by atoms with van der Waals surface area (Å²) in [5.74, 6) is 0.262. The van der Waals surface area contributed by atoms with Crippen molar-refractivity contribution in [3.63, 3.8) is 0 Å². The molecule has 2 aromatic carbocycles. The molecule has 2 heterocycles. The smallest absolute Gasteiger partial charge is 0.293 e. The van der Waals surface area contributed by atoms with Gasteiger partial charge in [0.25, 0.3) is 5.56 Å². The Hall–Kier alpha value is -3.94. The van der Waals surface area contributed by atoms with Crippen LogP contribution in [0.5, 0.6) is 5.75 Å². The van der Waals surface area contributed by atoms with E-state index in [0.717, 1.165) is 15.8 Å². The van der Waals surface area contributed by atoms with Crippen LogP contribution < -0.4 is 15.6 Å². The molecule has 0 saturated heterocycles. The van der Waals surface area contributed by atoms with Gasteiger partial charge in [0, 0.05) is 17.3 Å². The van der Waals surface area contributed by atoms with Crippen LogP contribution in [0.25, 0.3) is 16.8 Å². The zero-order chi connectivity index (χ0) is 20.4. The first-order chi connectivity index (χ1) is 14.0. The number of amides is 1. The number of hydrogen-bond acceptors (Lipinski definition) is 5. The van der Waals surface area contributed by atoms with Crippen molar-refractivity contribution in [2.24, 2.45) is 0 Å². The second-order valence-electron chi connectivity index (χ2n) is 6.60. The Balaban J connectivity index is 1.57. The van der Waals surface area contributed by atoms with Crippen LogP contribution in [-0.4, -0.2) is 32.4 Å². The van der Waals surface area contributed by atoms with Gasteiger partial charge in [0.1, 0.15) is 24.1 Å². The number of nitrogens with zero attached hydrogens (tertiary/aromatic N) is 4. The van der Waals surface area contributed by atoms with Crippen LogP contribution in [0.3, 0.4) is 0 Å². The molecule has 1 N–H and O–H groups in total. The fourth-order valence-electron chi connectivity index (χ4n) is 2.95. The van der Waals surface area contributed by atoms with Gasteiger partial charge in [-0.3, -0.25) is 9.59 Å². The van der Waals surface area contributed by atoms with E-state index in [0.29, 0.717) is 22.6 Å². The van der Waals surface area contributed by atoms with E-state index in [-0.39, 0.29) is 18.0 Å². The van der Waals surface area contributed by atoms with E-state index in [1.54, 1.807) is 37.4 Å². The first-order valence-electron chi connectivity index (χ1n) is 9.00. The average molecular weight is 389 g/mol. The molecular formula is C21H19N5O3. The van der Waals surface area contributed by atoms with Crippen molar-refractivity contribution in [2.75, 3.05) is 12.4 Å². The Bertz CT molecular complexity index is 1240. The topological polar surface area (TPSA) is 90.5 Å². The van der Waals surface area contributed by atoms with E-state index in [4.69, 9.17) is 4.74 Å². The van der Waals surface area contributed by atoms with Crippen LogP contribution in [0.1, 0.15) is 5.56 Å². The lowest BCUT2D eigenvalue weighted by molar-refractivity contribution is -0.117. The van der Waals surface area contributed by atoms with Crippen molar-refractivity contribution < 1.29 is 9.53 Å². The minimum atomic E-state index is -0.390. The van der Waals surface area contributed by atoms with Crippen molar-refractivity contribution in [3.05, 3.63) is 76.8 Å². The number of carbonyl (C=O) groups is 1. The summed E-state index contributed by atoms with van der Waals surface area (Å²) in [7, 11) is 1.55. The summed E-state index contributed by atoms with van der Waals surface area (Å²) in [6.45, 7) is 1.80. The number of fused-ring (bicyclic) bond motifs is 1. The Morgan fingerprint density at radius 3 is 2.69 bits per heavy atom. The molecule has 0 atom stereocenters. The van der Waals surface area contributed by atoms with Crippen LogP contribution in [0.2, 0.25) is 0 Å². The SMILES string of the molecule is COc1cccc(NC(=O)Cn2ncn3nc(-c4ccc(C)cc4)cc3c2=O)c1. The third kappa shape index (κ3) is 3.86. The number of rotatable bonds is 5. The Morgan fingerprint density at radius 2 is 1.93 bits per heavy atom. The zero-order valence-corrected chi connectivity index (χ0v) is 16.0. The number of methoxy groups -OCH3 is 1. The van der Waals surface area contributed by atoms with Crippen LogP contribution in [0.15, 0.2) is 65.7 Å². The number of carbonyl (C=O) groups excluding carboxylic acids is 1. The van der Waals surface area contributed by atoms with Gasteiger partial charge < -0.3 is 10.1 Å². The predicted molar refractivity (Wildman–Crippen MR) is 109 cm³/mol. The van der Waals surface area contributed by atoms with Crippen molar-refractivity contribution in [2.45, 2.75) is 13.5 Å². The third-order valence-corrected chi connectivity index (χ3v) is 4.48. The first kappa shape index (κ1) is 18.4. The number of aromatic nitrogens is 4. The van der Waals surface area contributed by atoms with Gasteiger partial charge >= 0.3 is 0 Å². The maximum Gasteiger partial charge on any atom is 0.293 e. The Labute approximate surface area is 166 Å². The monoisotopic (exact) mass is 389 g/mol. The predicted octanol–water partition coefficient (Wildman–Crippen LogP) is 2.51. The second-order valence-corrected chi connectivity index (χ2v) is 6.60. The van der Waals surface area contributed by atoms with Gasteiger partial charge in [0.05, 0.1) is 12.8 Å². The number of nitrogens with one attached hydrogen (secondary N) is 1. The van der Waals surface area contributed by atoms with Gasteiger partial charge in [-0.25, -0.2) is 9.20 Å². The molecule has 0 aliphatic heterocycles. The summed E-state index contributed by atoms with van der Waals surface area (Å²) in [6, 6.07) is 16.6. The molecule has 0 aliphatic carbocycles. The molecule has 0 unspecified atom stereocenters. The quantitative estimate of drug-likeness (QED) is 0.566. The molecule has 0 spiro atoms. The van der Waals surface area contributed by atoms with Gasteiger partial charge in [-0.2, -0.15) is 10.2 Å². The van der Waals surface area contributed by atoms with E-state index >= 15 is 0 Å². The number of hydrogen-bond donors (Lipinski definition) is 1. The van der Waals surface area contributed by atoms with Crippen molar-refractivity contribution in [3.8, 4) is 17.0 Å². The van der Waals surface area contributed by atoms with E-state index < -0.39 is 0 Å². The fraction of sp³-hybridized carbons (Fsp3) is 0.143. The van der Waals surface area contributed by atoms with E-state index in [9.17, 15) is 9.59 Å². The summed E-state index contributed by atoms with van der Waals surface area (Å²) in [4.78, 5) is 25.1. The summed E-state index contributed by atoms with van der Waals surface area (Å²) in [5.41, 5.74) is 3.26. The lowest BCUT2D eigenvalue weighted by Crippen LogP contribution is -2.30. The molecule has 29 heavy (non-hydrogen) atoms. The summed E-state index contributed by atoms with van der Waals surface area (Å²) < 4.78 is 7.68. The van der Waals surface area contributed by atoms with E-state index in [2.05, 4.69) is 15.5 Å². The highest BCUT2D eigenvalue weighted by molar-refractivity contribution is 5.90. The number of anilines is 1. The molecule has 8 heteroatoms. The van der Waals surface area contributed by atoms with Crippen LogP contribution >= 0.6 is 0 Å². The van der Waals surface area contributed by atoms with Crippen molar-refractivity contribution >= 4 is 17.1 Å². The van der Waals surface area contributed by atoms with Crippen molar-refractivity contribution in [1.29, 1.82) is 0 Å². The molecule has 0 saturated carbocycles. The van der Waals surface area contributed by atoms with Crippen molar-refractivity contribution in [1.82, 2.24) is 19.4 Å².